The fraction of sp³-hybridized carbons (Fsp3) is 0.500. The fourth-order valence-electron chi connectivity index (χ4n) is 4.27. The topological polar surface area (TPSA) is 131 Å². The van der Waals surface area contributed by atoms with Crippen LogP contribution in [0.2, 0.25) is 0 Å². The molecule has 1 saturated heterocycles. The zero-order chi connectivity index (χ0) is 26.8. The first-order valence-electron chi connectivity index (χ1n) is 12.6. The Morgan fingerprint density at radius 3 is 1.92 bits per heavy atom. The summed E-state index contributed by atoms with van der Waals surface area (Å²) in [6.07, 6.45) is 2.90. The Kier molecular flexibility index (Phi) is 10.5. The Labute approximate surface area is 216 Å². The monoisotopic (exact) mass is 513 g/mol. The summed E-state index contributed by atoms with van der Waals surface area (Å²) in [5.41, 5.74) is 1.48. The van der Waals surface area contributed by atoms with Crippen LogP contribution in [0.5, 0.6) is 0 Å². The molecule has 0 unspecified atom stereocenters. The summed E-state index contributed by atoms with van der Waals surface area (Å²) in [5.74, 6) is -1.75. The second kappa shape index (κ2) is 13.8. The van der Waals surface area contributed by atoms with Crippen molar-refractivity contribution >= 4 is 29.5 Å². The highest BCUT2D eigenvalue weighted by atomic mass is 16.4. The maximum Gasteiger partial charge on any atom is 0.317 e. The third-order valence-electron chi connectivity index (χ3n) is 6.49. The lowest BCUT2D eigenvalue weighted by atomic mass is 10.1. The number of Topliss-reactive ketones (excluding diaryl/α,β-unsaturated/α-hetero) is 1. The van der Waals surface area contributed by atoms with Crippen LogP contribution >= 0.6 is 0 Å². The van der Waals surface area contributed by atoms with E-state index in [1.165, 1.54) is 12.2 Å². The maximum absolute atomic E-state index is 12.5. The highest BCUT2D eigenvalue weighted by molar-refractivity contribution is 6.12. The number of hydrogen-bond donors (Lipinski definition) is 2. The number of aliphatic carboxylic acids is 1. The Hall–Kier alpha value is -3.41. The minimum Gasteiger partial charge on any atom is -0.480 e. The zero-order valence-electron chi connectivity index (χ0n) is 21.2. The molecule has 0 atom stereocenters. The number of ketones is 1. The second-order valence-electron chi connectivity index (χ2n) is 9.23. The highest BCUT2D eigenvalue weighted by Gasteiger charge is 2.23. The minimum absolute atomic E-state index is 0.0379. The maximum atomic E-state index is 12.5. The molecule has 2 N–H and O–H groups in total. The van der Waals surface area contributed by atoms with Crippen molar-refractivity contribution in [1.29, 1.82) is 0 Å². The molecule has 1 aromatic rings. The van der Waals surface area contributed by atoms with Crippen LogP contribution in [0.3, 0.4) is 0 Å². The second-order valence-corrected chi connectivity index (χ2v) is 9.23. The number of rotatable bonds is 11. The number of imide groups is 1. The molecule has 37 heavy (non-hydrogen) atoms. The third-order valence-corrected chi connectivity index (χ3v) is 6.49. The molecule has 0 bridgehead atoms. The molecule has 200 valence electrons. The van der Waals surface area contributed by atoms with E-state index in [-0.39, 0.29) is 43.1 Å². The van der Waals surface area contributed by atoms with Crippen LogP contribution in [0.25, 0.3) is 0 Å². The molecule has 0 saturated carbocycles. The van der Waals surface area contributed by atoms with Crippen molar-refractivity contribution in [2.24, 2.45) is 0 Å². The van der Waals surface area contributed by atoms with Gasteiger partial charge in [-0.25, -0.2) is 0 Å². The average molecular weight is 514 g/mol. The quantitative estimate of drug-likeness (QED) is 0.387. The number of hydrogen-bond acceptors (Lipinski definition) is 8. The summed E-state index contributed by atoms with van der Waals surface area (Å²) in [4.78, 5) is 66.2. The minimum atomic E-state index is -0.869. The Balaban J connectivity index is 1.55. The van der Waals surface area contributed by atoms with Gasteiger partial charge in [0.05, 0.1) is 13.1 Å². The summed E-state index contributed by atoms with van der Waals surface area (Å²) in [6, 6.07) is 7.23. The predicted octanol–water partition coefficient (Wildman–Crippen LogP) is -0.175. The first-order chi connectivity index (χ1) is 17.7. The van der Waals surface area contributed by atoms with Gasteiger partial charge in [-0.05, 0) is 17.7 Å². The standard InChI is InChI=1S/C26H35N5O6/c1-2-22(32)18-29-13-11-28(12-15-30(16-14-29)19-25(35)36)17-20-3-5-21(6-4-20)26(37)27-9-10-31-23(33)7-8-24(31)34/h3-8H,2,9-19H2,1H3,(H,27,37)(H,35,36). The van der Waals surface area contributed by atoms with Crippen LogP contribution in [0, 0.1) is 0 Å². The van der Waals surface area contributed by atoms with Gasteiger partial charge in [0.15, 0.2) is 0 Å². The fourth-order valence-corrected chi connectivity index (χ4v) is 4.27. The normalized spacial score (nSPS) is 17.9. The van der Waals surface area contributed by atoms with Crippen LogP contribution in [-0.4, -0.2) is 120 Å². The smallest absolute Gasteiger partial charge is 0.317 e. The highest BCUT2D eigenvalue weighted by Crippen LogP contribution is 2.10. The van der Waals surface area contributed by atoms with Gasteiger partial charge < -0.3 is 10.4 Å². The number of nitrogens with zero attached hydrogens (tertiary/aromatic N) is 4. The van der Waals surface area contributed by atoms with Gasteiger partial charge in [0.25, 0.3) is 17.7 Å². The summed E-state index contributed by atoms with van der Waals surface area (Å²) < 4.78 is 0. The molecule has 0 spiro atoms. The molecule has 2 heterocycles. The average Bonchev–Trinajstić information content (AvgIpc) is 3.23. The Morgan fingerprint density at radius 2 is 1.38 bits per heavy atom. The van der Waals surface area contributed by atoms with Gasteiger partial charge in [0.1, 0.15) is 5.78 Å². The van der Waals surface area contributed by atoms with Crippen molar-refractivity contribution in [3.63, 3.8) is 0 Å². The molecule has 11 nitrogen and oxygen atoms in total. The molecule has 0 aliphatic carbocycles. The van der Waals surface area contributed by atoms with Gasteiger partial charge in [-0.15, -0.1) is 0 Å². The number of carboxylic acid groups (broad SMARTS) is 1. The van der Waals surface area contributed by atoms with Crippen molar-refractivity contribution < 1.29 is 29.1 Å². The predicted molar refractivity (Wildman–Crippen MR) is 136 cm³/mol. The number of carboxylic acids is 1. The molecule has 1 aromatic carbocycles. The third kappa shape index (κ3) is 8.88. The summed E-state index contributed by atoms with van der Waals surface area (Å²) in [7, 11) is 0. The number of nitrogens with one attached hydrogen (secondary N) is 1. The Bertz CT molecular complexity index is 1010. The zero-order valence-corrected chi connectivity index (χ0v) is 21.2. The molecule has 0 radical (unpaired) electrons. The van der Waals surface area contributed by atoms with E-state index >= 15 is 0 Å². The van der Waals surface area contributed by atoms with Crippen LogP contribution in [0.4, 0.5) is 0 Å². The molecular weight excluding hydrogens is 478 g/mol. The summed E-state index contributed by atoms with van der Waals surface area (Å²) in [6.45, 7) is 7.07. The SMILES string of the molecule is CCC(=O)CN1CCN(CC(=O)O)CCN(Cc2ccc(C(=O)NCCN3C(=O)C=CC3=O)cc2)CC1. The van der Waals surface area contributed by atoms with E-state index in [2.05, 4.69) is 15.1 Å². The molecule has 3 rings (SSSR count). The van der Waals surface area contributed by atoms with Gasteiger partial charge in [-0.3, -0.25) is 43.6 Å². The molecule has 3 amide bonds. The van der Waals surface area contributed by atoms with Gasteiger partial charge in [0.2, 0.25) is 0 Å². The van der Waals surface area contributed by atoms with Crippen molar-refractivity contribution in [2.75, 3.05) is 65.4 Å². The van der Waals surface area contributed by atoms with Gasteiger partial charge >= 0.3 is 5.97 Å². The van der Waals surface area contributed by atoms with Gasteiger partial charge in [-0.2, -0.15) is 0 Å². The molecule has 11 heteroatoms. The van der Waals surface area contributed by atoms with E-state index in [4.69, 9.17) is 0 Å². The number of amides is 3. The van der Waals surface area contributed by atoms with Crippen LogP contribution in [0.1, 0.15) is 29.3 Å². The molecule has 1 fully saturated rings. The van der Waals surface area contributed by atoms with Crippen molar-refractivity contribution in [3.05, 3.63) is 47.5 Å². The summed E-state index contributed by atoms with van der Waals surface area (Å²) >= 11 is 0. The lowest BCUT2D eigenvalue weighted by molar-refractivity contribution is -0.139. The summed E-state index contributed by atoms with van der Waals surface area (Å²) in [5, 5.41) is 12.0. The lowest BCUT2D eigenvalue weighted by Crippen LogP contribution is -2.40. The van der Waals surface area contributed by atoms with Gasteiger partial charge in [0, 0.05) is 83.0 Å². The number of carbonyl (C=O) groups is 5. The van der Waals surface area contributed by atoms with Crippen LogP contribution in [0.15, 0.2) is 36.4 Å². The number of carbonyl (C=O) groups excluding carboxylic acids is 4. The van der Waals surface area contributed by atoms with E-state index in [0.717, 1.165) is 17.0 Å². The molecule has 0 aromatic heterocycles. The van der Waals surface area contributed by atoms with E-state index in [9.17, 15) is 29.1 Å². The van der Waals surface area contributed by atoms with Crippen molar-refractivity contribution in [3.8, 4) is 0 Å². The molecule has 2 aliphatic heterocycles. The van der Waals surface area contributed by atoms with Crippen LogP contribution < -0.4 is 5.32 Å². The first-order valence-corrected chi connectivity index (χ1v) is 12.6. The molecule has 2 aliphatic rings. The molecular formula is C26H35N5O6. The lowest BCUT2D eigenvalue weighted by Gasteiger charge is -2.25. The Morgan fingerprint density at radius 1 is 0.838 bits per heavy atom. The van der Waals surface area contributed by atoms with E-state index in [0.29, 0.717) is 57.8 Å². The van der Waals surface area contributed by atoms with Crippen LogP contribution in [-0.2, 0) is 25.7 Å². The van der Waals surface area contributed by atoms with E-state index < -0.39 is 5.97 Å². The largest absolute Gasteiger partial charge is 0.480 e. The van der Waals surface area contributed by atoms with Gasteiger partial charge in [-0.1, -0.05) is 19.1 Å². The van der Waals surface area contributed by atoms with Crippen molar-refractivity contribution in [2.45, 2.75) is 19.9 Å². The number of benzene rings is 1. The van der Waals surface area contributed by atoms with E-state index in [1.807, 2.05) is 24.0 Å². The van der Waals surface area contributed by atoms with Crippen molar-refractivity contribution in [1.82, 2.24) is 24.9 Å². The first kappa shape index (κ1) is 28.2. The van der Waals surface area contributed by atoms with E-state index in [1.54, 1.807) is 12.1 Å².